The van der Waals surface area contributed by atoms with Gasteiger partial charge in [0.25, 0.3) is 0 Å². The summed E-state index contributed by atoms with van der Waals surface area (Å²) in [5.41, 5.74) is 1.35. The monoisotopic (exact) mass is 320 g/mol. The van der Waals surface area contributed by atoms with E-state index in [0.717, 1.165) is 23.9 Å². The van der Waals surface area contributed by atoms with Crippen LogP contribution in [0.4, 0.5) is 0 Å². The Labute approximate surface area is 102 Å². The second-order valence-corrected chi connectivity index (χ2v) is 5.42. The minimum atomic E-state index is 0.503. The molecule has 1 rings (SSSR count). The molecule has 1 nitrogen and oxygen atoms in total. The van der Waals surface area contributed by atoms with Crippen LogP contribution in [0.5, 0.6) is 0 Å². The highest BCUT2D eigenvalue weighted by atomic mass is 79.9. The SMILES string of the molecule is COCCC(Br)Cc1ccc(Br)cc1. The molecule has 1 aromatic rings. The van der Waals surface area contributed by atoms with E-state index in [1.54, 1.807) is 7.11 Å². The Morgan fingerprint density at radius 3 is 2.50 bits per heavy atom. The van der Waals surface area contributed by atoms with Gasteiger partial charge in [0.15, 0.2) is 0 Å². The van der Waals surface area contributed by atoms with Crippen LogP contribution in [-0.4, -0.2) is 18.5 Å². The van der Waals surface area contributed by atoms with Crippen LogP contribution in [0.1, 0.15) is 12.0 Å². The lowest BCUT2D eigenvalue weighted by atomic mass is 10.1. The number of alkyl halides is 1. The molecule has 0 heterocycles. The molecular formula is C11H14Br2O. The Balaban J connectivity index is 2.39. The van der Waals surface area contributed by atoms with Crippen LogP contribution in [0.25, 0.3) is 0 Å². The third-order valence-corrected chi connectivity index (χ3v) is 3.32. The Morgan fingerprint density at radius 1 is 1.29 bits per heavy atom. The number of rotatable bonds is 5. The van der Waals surface area contributed by atoms with E-state index >= 15 is 0 Å². The Kier molecular flexibility index (Phi) is 5.75. The second-order valence-electron chi connectivity index (χ2n) is 3.21. The lowest BCUT2D eigenvalue weighted by Gasteiger charge is -2.08. The van der Waals surface area contributed by atoms with Crippen LogP contribution in [0.2, 0.25) is 0 Å². The molecule has 78 valence electrons. The molecule has 1 unspecified atom stereocenters. The number of methoxy groups -OCH3 is 1. The van der Waals surface area contributed by atoms with Gasteiger partial charge < -0.3 is 4.74 Å². The van der Waals surface area contributed by atoms with Gasteiger partial charge in [-0.25, -0.2) is 0 Å². The largest absolute Gasteiger partial charge is 0.385 e. The number of ether oxygens (including phenoxy) is 1. The first-order chi connectivity index (χ1) is 6.72. The molecule has 0 radical (unpaired) electrons. The molecule has 0 saturated heterocycles. The van der Waals surface area contributed by atoms with E-state index in [-0.39, 0.29) is 0 Å². The van der Waals surface area contributed by atoms with Crippen molar-refractivity contribution in [2.45, 2.75) is 17.7 Å². The van der Waals surface area contributed by atoms with E-state index in [1.807, 2.05) is 0 Å². The Bertz CT molecular complexity index is 258. The van der Waals surface area contributed by atoms with Gasteiger partial charge in [0.2, 0.25) is 0 Å². The zero-order valence-corrected chi connectivity index (χ0v) is 11.3. The average Bonchev–Trinajstić information content (AvgIpc) is 2.18. The summed E-state index contributed by atoms with van der Waals surface area (Å²) in [6.45, 7) is 0.812. The molecule has 0 amide bonds. The summed E-state index contributed by atoms with van der Waals surface area (Å²) in [6, 6.07) is 8.44. The zero-order valence-electron chi connectivity index (χ0n) is 8.17. The van der Waals surface area contributed by atoms with Crippen LogP contribution in [0.3, 0.4) is 0 Å². The van der Waals surface area contributed by atoms with E-state index in [2.05, 4.69) is 56.1 Å². The summed E-state index contributed by atoms with van der Waals surface area (Å²) in [5, 5.41) is 0. The smallest absolute Gasteiger partial charge is 0.0473 e. The molecule has 0 aliphatic carbocycles. The molecule has 0 aliphatic heterocycles. The summed E-state index contributed by atoms with van der Waals surface area (Å²) >= 11 is 7.06. The Hall–Kier alpha value is 0.140. The molecule has 0 N–H and O–H groups in total. The molecule has 0 spiro atoms. The van der Waals surface area contributed by atoms with Crippen LogP contribution in [0.15, 0.2) is 28.7 Å². The van der Waals surface area contributed by atoms with Crippen molar-refractivity contribution in [2.24, 2.45) is 0 Å². The number of hydrogen-bond acceptors (Lipinski definition) is 1. The van der Waals surface area contributed by atoms with Gasteiger partial charge >= 0.3 is 0 Å². The maximum Gasteiger partial charge on any atom is 0.0473 e. The standard InChI is InChI=1S/C11H14Br2O/c1-14-7-6-11(13)8-9-2-4-10(12)5-3-9/h2-5,11H,6-8H2,1H3. The highest BCUT2D eigenvalue weighted by molar-refractivity contribution is 9.10. The minimum absolute atomic E-state index is 0.503. The van der Waals surface area contributed by atoms with Gasteiger partial charge in [-0.3, -0.25) is 0 Å². The molecule has 14 heavy (non-hydrogen) atoms. The van der Waals surface area contributed by atoms with Crippen molar-refractivity contribution >= 4 is 31.9 Å². The first-order valence-electron chi connectivity index (χ1n) is 4.60. The van der Waals surface area contributed by atoms with Crippen LogP contribution < -0.4 is 0 Å². The van der Waals surface area contributed by atoms with Crippen LogP contribution >= 0.6 is 31.9 Å². The number of hydrogen-bond donors (Lipinski definition) is 0. The van der Waals surface area contributed by atoms with Crippen molar-refractivity contribution in [3.05, 3.63) is 34.3 Å². The molecule has 0 bridgehead atoms. The van der Waals surface area contributed by atoms with Gasteiger partial charge in [-0.1, -0.05) is 44.0 Å². The highest BCUT2D eigenvalue weighted by Crippen LogP contribution is 2.16. The van der Waals surface area contributed by atoms with E-state index in [0.29, 0.717) is 4.83 Å². The quantitative estimate of drug-likeness (QED) is 0.750. The summed E-state index contributed by atoms with van der Waals surface area (Å²) in [7, 11) is 1.74. The number of halogens is 2. The van der Waals surface area contributed by atoms with Gasteiger partial charge in [0.1, 0.15) is 0 Å². The first kappa shape index (κ1) is 12.2. The number of benzene rings is 1. The fraction of sp³-hybridized carbons (Fsp3) is 0.455. The third-order valence-electron chi connectivity index (χ3n) is 2.01. The molecule has 0 saturated carbocycles. The first-order valence-corrected chi connectivity index (χ1v) is 6.30. The highest BCUT2D eigenvalue weighted by Gasteiger charge is 2.04. The molecular weight excluding hydrogens is 308 g/mol. The van der Waals surface area contributed by atoms with Crippen LogP contribution in [-0.2, 0) is 11.2 Å². The summed E-state index contributed by atoms with van der Waals surface area (Å²) in [5.74, 6) is 0. The minimum Gasteiger partial charge on any atom is -0.385 e. The molecule has 1 aromatic carbocycles. The van der Waals surface area contributed by atoms with Gasteiger partial charge in [0, 0.05) is 23.0 Å². The molecule has 0 aliphatic rings. The lowest BCUT2D eigenvalue weighted by Crippen LogP contribution is -2.06. The summed E-state index contributed by atoms with van der Waals surface area (Å²) in [4.78, 5) is 0.503. The van der Waals surface area contributed by atoms with Gasteiger partial charge in [-0.15, -0.1) is 0 Å². The molecule has 1 atom stereocenters. The molecule has 3 heteroatoms. The van der Waals surface area contributed by atoms with Gasteiger partial charge in [-0.05, 0) is 30.5 Å². The predicted molar refractivity (Wildman–Crippen MR) is 67.1 cm³/mol. The zero-order chi connectivity index (χ0) is 10.4. The van der Waals surface area contributed by atoms with E-state index in [4.69, 9.17) is 4.74 Å². The maximum atomic E-state index is 5.03. The van der Waals surface area contributed by atoms with Gasteiger partial charge in [0.05, 0.1) is 0 Å². The van der Waals surface area contributed by atoms with E-state index < -0.39 is 0 Å². The second kappa shape index (κ2) is 6.59. The predicted octanol–water partition coefficient (Wildman–Crippen LogP) is 3.79. The Morgan fingerprint density at radius 2 is 1.93 bits per heavy atom. The summed E-state index contributed by atoms with van der Waals surface area (Å²) in [6.07, 6.45) is 2.10. The van der Waals surface area contributed by atoms with Crippen molar-refractivity contribution < 1.29 is 4.74 Å². The fourth-order valence-electron chi connectivity index (χ4n) is 1.22. The molecule has 0 aromatic heterocycles. The fourth-order valence-corrected chi connectivity index (χ4v) is 2.05. The van der Waals surface area contributed by atoms with Crippen molar-refractivity contribution in [3.8, 4) is 0 Å². The van der Waals surface area contributed by atoms with E-state index in [9.17, 15) is 0 Å². The van der Waals surface area contributed by atoms with Crippen molar-refractivity contribution in [1.82, 2.24) is 0 Å². The van der Waals surface area contributed by atoms with Crippen molar-refractivity contribution in [2.75, 3.05) is 13.7 Å². The van der Waals surface area contributed by atoms with Crippen LogP contribution in [0, 0.1) is 0 Å². The van der Waals surface area contributed by atoms with E-state index in [1.165, 1.54) is 5.56 Å². The van der Waals surface area contributed by atoms with Crippen molar-refractivity contribution in [3.63, 3.8) is 0 Å². The summed E-state index contributed by atoms with van der Waals surface area (Å²) < 4.78 is 6.16. The normalized spacial score (nSPS) is 12.8. The van der Waals surface area contributed by atoms with Crippen molar-refractivity contribution in [1.29, 1.82) is 0 Å². The topological polar surface area (TPSA) is 9.23 Å². The van der Waals surface area contributed by atoms with Gasteiger partial charge in [-0.2, -0.15) is 0 Å². The maximum absolute atomic E-state index is 5.03. The lowest BCUT2D eigenvalue weighted by molar-refractivity contribution is 0.194. The molecule has 0 fully saturated rings. The average molecular weight is 322 g/mol. The third kappa shape index (κ3) is 4.58.